The summed E-state index contributed by atoms with van der Waals surface area (Å²) in [5, 5.41) is 17.8. The minimum Gasteiger partial charge on any atom is -0.481 e. The second-order valence-corrected chi connectivity index (χ2v) is 5.55. The molecule has 0 unspecified atom stereocenters. The lowest BCUT2D eigenvalue weighted by Gasteiger charge is -2.33. The third-order valence-electron chi connectivity index (χ3n) is 3.97. The molecule has 0 aliphatic carbocycles. The molecule has 0 radical (unpaired) electrons. The molecule has 1 aliphatic heterocycles. The Morgan fingerprint density at radius 3 is 2.68 bits per heavy atom. The second-order valence-electron chi connectivity index (χ2n) is 5.17. The molecule has 2 N–H and O–H groups in total. The number of nitrogens with one attached hydrogen (secondary N) is 1. The minimum absolute atomic E-state index is 0.456. The van der Waals surface area contributed by atoms with Gasteiger partial charge < -0.3 is 10.4 Å². The highest BCUT2D eigenvalue weighted by Gasteiger charge is 2.41. The lowest BCUT2D eigenvalue weighted by Crippen LogP contribution is -2.44. The summed E-state index contributed by atoms with van der Waals surface area (Å²) in [5.74, 6) is -0.730. The maximum atomic E-state index is 11.7. The third kappa shape index (κ3) is 2.62. The van der Waals surface area contributed by atoms with Crippen LogP contribution in [0.25, 0.3) is 0 Å². The molecule has 2 heterocycles. The van der Waals surface area contributed by atoms with E-state index in [1.807, 2.05) is 18.5 Å². The van der Waals surface area contributed by atoms with Gasteiger partial charge in [0.1, 0.15) is 0 Å². The highest BCUT2D eigenvalue weighted by molar-refractivity contribution is 6.31. The molecule has 1 aromatic rings. The van der Waals surface area contributed by atoms with Crippen molar-refractivity contribution in [2.45, 2.75) is 39.7 Å². The van der Waals surface area contributed by atoms with E-state index in [1.165, 1.54) is 0 Å². The molecule has 0 atom stereocenters. The predicted octanol–water partition coefficient (Wildman–Crippen LogP) is 1.86. The number of carboxylic acid groups (broad SMARTS) is 1. The van der Waals surface area contributed by atoms with Gasteiger partial charge in [0, 0.05) is 13.0 Å². The van der Waals surface area contributed by atoms with Gasteiger partial charge in [-0.2, -0.15) is 5.10 Å². The van der Waals surface area contributed by atoms with Crippen LogP contribution in [0.5, 0.6) is 0 Å². The van der Waals surface area contributed by atoms with Crippen molar-refractivity contribution in [2.24, 2.45) is 5.41 Å². The Kier molecular flexibility index (Phi) is 4.16. The molecule has 6 heteroatoms. The molecule has 0 saturated carbocycles. The molecule has 5 nitrogen and oxygen atoms in total. The van der Waals surface area contributed by atoms with E-state index in [0.29, 0.717) is 30.8 Å². The maximum Gasteiger partial charge on any atom is 0.310 e. The van der Waals surface area contributed by atoms with Crippen molar-refractivity contribution < 1.29 is 9.90 Å². The van der Waals surface area contributed by atoms with Crippen molar-refractivity contribution in [3.05, 3.63) is 16.4 Å². The average molecular weight is 286 g/mol. The zero-order valence-electron chi connectivity index (χ0n) is 11.4. The van der Waals surface area contributed by atoms with Gasteiger partial charge in [-0.3, -0.25) is 9.48 Å². The number of piperidine rings is 1. The molecule has 1 aliphatic rings. The van der Waals surface area contributed by atoms with Crippen LogP contribution in [0, 0.1) is 12.3 Å². The van der Waals surface area contributed by atoms with Crippen molar-refractivity contribution >= 4 is 17.6 Å². The maximum absolute atomic E-state index is 11.7. The molecule has 2 rings (SSSR count). The topological polar surface area (TPSA) is 67.2 Å². The van der Waals surface area contributed by atoms with Gasteiger partial charge in [0.2, 0.25) is 0 Å². The molecule has 0 aromatic carbocycles. The van der Waals surface area contributed by atoms with E-state index < -0.39 is 11.4 Å². The summed E-state index contributed by atoms with van der Waals surface area (Å²) in [7, 11) is 0. The summed E-state index contributed by atoms with van der Waals surface area (Å²) in [6.07, 6.45) is 1.72. The zero-order chi connectivity index (χ0) is 14.0. The number of hydrogen-bond donors (Lipinski definition) is 2. The van der Waals surface area contributed by atoms with Crippen LogP contribution in [0.15, 0.2) is 0 Å². The molecule has 1 saturated heterocycles. The number of carboxylic acids is 1. The van der Waals surface area contributed by atoms with Gasteiger partial charge in [-0.05, 0) is 39.8 Å². The van der Waals surface area contributed by atoms with Crippen molar-refractivity contribution in [1.29, 1.82) is 0 Å². The standard InChI is InChI=1S/C13H20ClN3O2/c1-3-17-10(11(14)9(2)16-17)8-13(12(18)19)4-6-15-7-5-13/h15H,3-8H2,1-2H3,(H,18,19). The molecule has 19 heavy (non-hydrogen) atoms. The molecule has 106 valence electrons. The highest BCUT2D eigenvalue weighted by Crippen LogP contribution is 2.36. The van der Waals surface area contributed by atoms with E-state index in [0.717, 1.165) is 24.5 Å². The monoisotopic (exact) mass is 285 g/mol. The van der Waals surface area contributed by atoms with Gasteiger partial charge in [0.05, 0.1) is 21.8 Å². The van der Waals surface area contributed by atoms with Gasteiger partial charge in [-0.15, -0.1) is 0 Å². The van der Waals surface area contributed by atoms with E-state index in [1.54, 1.807) is 0 Å². The van der Waals surface area contributed by atoms with Crippen LogP contribution in [-0.4, -0.2) is 33.9 Å². The van der Waals surface area contributed by atoms with E-state index >= 15 is 0 Å². The lowest BCUT2D eigenvalue weighted by molar-refractivity contribution is -0.150. The first-order chi connectivity index (χ1) is 9.00. The summed E-state index contributed by atoms with van der Waals surface area (Å²) in [5.41, 5.74) is 0.910. The van der Waals surface area contributed by atoms with Gasteiger partial charge in [0.25, 0.3) is 0 Å². The number of aryl methyl sites for hydroxylation is 2. The first kappa shape index (κ1) is 14.3. The quantitative estimate of drug-likeness (QED) is 0.886. The zero-order valence-corrected chi connectivity index (χ0v) is 12.1. The van der Waals surface area contributed by atoms with Crippen LogP contribution in [-0.2, 0) is 17.8 Å². The normalized spacial score (nSPS) is 18.5. The smallest absolute Gasteiger partial charge is 0.310 e. The number of rotatable bonds is 4. The SMILES string of the molecule is CCn1nc(C)c(Cl)c1CC1(C(=O)O)CCNCC1. The Hall–Kier alpha value is -1.07. The molecule has 0 spiro atoms. The van der Waals surface area contributed by atoms with E-state index in [-0.39, 0.29) is 0 Å². The number of aliphatic carboxylic acids is 1. The first-order valence-corrected chi connectivity index (χ1v) is 7.04. The van der Waals surface area contributed by atoms with Crippen LogP contribution >= 0.6 is 11.6 Å². The summed E-state index contributed by atoms with van der Waals surface area (Å²) in [6.45, 7) is 6.03. The Bertz CT molecular complexity index is 478. The van der Waals surface area contributed by atoms with Crippen LogP contribution in [0.3, 0.4) is 0 Å². The first-order valence-electron chi connectivity index (χ1n) is 6.66. The van der Waals surface area contributed by atoms with Crippen molar-refractivity contribution in [2.75, 3.05) is 13.1 Å². The fraction of sp³-hybridized carbons (Fsp3) is 0.692. The summed E-state index contributed by atoms with van der Waals surface area (Å²) in [4.78, 5) is 11.7. The Morgan fingerprint density at radius 2 is 2.16 bits per heavy atom. The van der Waals surface area contributed by atoms with Crippen molar-refractivity contribution in [3.63, 3.8) is 0 Å². The summed E-state index contributed by atoms with van der Waals surface area (Å²) >= 11 is 6.29. The average Bonchev–Trinajstić information content (AvgIpc) is 2.67. The highest BCUT2D eigenvalue weighted by atomic mass is 35.5. The summed E-state index contributed by atoms with van der Waals surface area (Å²) < 4.78 is 1.82. The van der Waals surface area contributed by atoms with Crippen LogP contribution in [0.1, 0.15) is 31.2 Å². The Balaban J connectivity index is 2.34. The number of hydrogen-bond acceptors (Lipinski definition) is 3. The second kappa shape index (κ2) is 5.51. The number of carbonyl (C=O) groups is 1. The van der Waals surface area contributed by atoms with Crippen LogP contribution < -0.4 is 5.32 Å². The van der Waals surface area contributed by atoms with Gasteiger partial charge >= 0.3 is 5.97 Å². The van der Waals surface area contributed by atoms with Crippen LogP contribution in [0.2, 0.25) is 5.02 Å². The van der Waals surface area contributed by atoms with E-state index in [9.17, 15) is 9.90 Å². The molecular weight excluding hydrogens is 266 g/mol. The minimum atomic E-state index is -0.730. The fourth-order valence-corrected chi connectivity index (χ4v) is 2.93. The number of nitrogens with zero attached hydrogens (tertiary/aromatic N) is 2. The van der Waals surface area contributed by atoms with Crippen molar-refractivity contribution in [3.8, 4) is 0 Å². The Morgan fingerprint density at radius 1 is 1.53 bits per heavy atom. The number of aromatic nitrogens is 2. The lowest BCUT2D eigenvalue weighted by atomic mass is 9.75. The predicted molar refractivity (Wildman–Crippen MR) is 73.5 cm³/mol. The van der Waals surface area contributed by atoms with Gasteiger partial charge in [-0.1, -0.05) is 11.6 Å². The molecule has 0 bridgehead atoms. The molecule has 1 fully saturated rings. The van der Waals surface area contributed by atoms with Gasteiger partial charge in [-0.25, -0.2) is 0 Å². The van der Waals surface area contributed by atoms with E-state index in [2.05, 4.69) is 10.4 Å². The summed E-state index contributed by atoms with van der Waals surface area (Å²) in [6, 6.07) is 0. The molecule has 1 aromatic heterocycles. The van der Waals surface area contributed by atoms with Gasteiger partial charge in [0.15, 0.2) is 0 Å². The Labute approximate surface area is 117 Å². The third-order valence-corrected chi connectivity index (χ3v) is 4.46. The largest absolute Gasteiger partial charge is 0.481 e. The fourth-order valence-electron chi connectivity index (χ4n) is 2.73. The van der Waals surface area contributed by atoms with Crippen molar-refractivity contribution in [1.82, 2.24) is 15.1 Å². The van der Waals surface area contributed by atoms with Crippen LogP contribution in [0.4, 0.5) is 0 Å². The number of halogens is 1. The van der Waals surface area contributed by atoms with E-state index in [4.69, 9.17) is 11.6 Å². The molecular formula is C13H20ClN3O2. The molecule has 0 amide bonds.